The summed E-state index contributed by atoms with van der Waals surface area (Å²) in [6.07, 6.45) is -2.52. The quantitative estimate of drug-likeness (QED) is 0.610. The van der Waals surface area contributed by atoms with Crippen LogP contribution in [-0.2, 0) is 14.8 Å². The lowest BCUT2D eigenvalue weighted by Gasteiger charge is -2.19. The molecule has 9 heteroatoms. The second kappa shape index (κ2) is 7.96. The Kier molecular flexibility index (Phi) is 5.93. The predicted octanol–water partition coefficient (Wildman–Crippen LogP) is 2.82. The van der Waals surface area contributed by atoms with Crippen LogP contribution in [-0.4, -0.2) is 25.5 Å². The fraction of sp³-hybridized carbons (Fsp3) is 0.235. The van der Waals surface area contributed by atoms with Gasteiger partial charge in [-0.3, -0.25) is 10.1 Å². The van der Waals surface area contributed by atoms with Crippen LogP contribution in [0, 0.1) is 17.0 Å². The molecule has 1 N–H and O–H groups in total. The van der Waals surface area contributed by atoms with Crippen molar-refractivity contribution in [3.8, 4) is 0 Å². The van der Waals surface area contributed by atoms with Crippen LogP contribution in [0.4, 0.5) is 4.79 Å². The largest absolute Gasteiger partial charge is 0.433 e. The average molecular weight is 378 g/mol. The van der Waals surface area contributed by atoms with Crippen molar-refractivity contribution >= 4 is 16.1 Å². The molecule has 0 saturated heterocycles. The van der Waals surface area contributed by atoms with Crippen molar-refractivity contribution in [3.05, 3.63) is 75.8 Å². The maximum Gasteiger partial charge on any atom is 0.422 e. The molecule has 0 heterocycles. The molecule has 2 aromatic carbocycles. The van der Waals surface area contributed by atoms with Gasteiger partial charge in [0.2, 0.25) is 0 Å². The van der Waals surface area contributed by atoms with Gasteiger partial charge in [0, 0.05) is 11.8 Å². The Balaban J connectivity index is 2.19. The first kappa shape index (κ1) is 19.4. The smallest absolute Gasteiger partial charge is 0.422 e. The van der Waals surface area contributed by atoms with Gasteiger partial charge in [0.25, 0.3) is 16.1 Å². The zero-order valence-corrected chi connectivity index (χ0v) is 15.0. The highest BCUT2D eigenvalue weighted by molar-refractivity contribution is 7.90. The minimum atomic E-state index is -4.14. The van der Waals surface area contributed by atoms with E-state index >= 15 is 0 Å². The normalized spacial score (nSPS) is 13.5. The van der Waals surface area contributed by atoms with E-state index in [4.69, 9.17) is 4.74 Å². The number of rotatable bonds is 6. The van der Waals surface area contributed by atoms with Crippen LogP contribution in [0.15, 0.2) is 59.5 Å². The Bertz CT molecular complexity index is 881. The van der Waals surface area contributed by atoms with Crippen LogP contribution < -0.4 is 4.72 Å². The number of nitrogens with zero attached hydrogens (tertiary/aromatic N) is 1. The molecule has 138 valence electrons. The Morgan fingerprint density at radius 1 is 1.12 bits per heavy atom. The number of nitro groups is 1. The number of nitrogens with one attached hydrogen (secondary N) is 1. The van der Waals surface area contributed by atoms with Crippen LogP contribution in [0.5, 0.6) is 0 Å². The molecular formula is C17H18N2O6S. The molecule has 0 bridgehead atoms. The first-order chi connectivity index (χ1) is 12.2. The van der Waals surface area contributed by atoms with E-state index in [2.05, 4.69) is 0 Å². The molecule has 0 fully saturated rings. The number of aryl methyl sites for hydroxylation is 1. The molecule has 0 aliphatic carbocycles. The molecule has 2 atom stereocenters. The number of amides is 1. The zero-order valence-electron chi connectivity index (χ0n) is 14.2. The monoisotopic (exact) mass is 378 g/mol. The van der Waals surface area contributed by atoms with Crippen molar-refractivity contribution in [3.63, 3.8) is 0 Å². The molecule has 1 amide bonds. The van der Waals surface area contributed by atoms with E-state index in [0.717, 1.165) is 5.56 Å². The number of carbonyl (C=O) groups excluding carboxylic acids is 1. The summed E-state index contributed by atoms with van der Waals surface area (Å²) in [5.41, 5.74) is 1.25. The summed E-state index contributed by atoms with van der Waals surface area (Å²) in [6.45, 7) is 3.07. The van der Waals surface area contributed by atoms with Crippen molar-refractivity contribution in [2.24, 2.45) is 0 Å². The van der Waals surface area contributed by atoms with Gasteiger partial charge < -0.3 is 4.74 Å². The highest BCUT2D eigenvalue weighted by Crippen LogP contribution is 2.23. The van der Waals surface area contributed by atoms with Gasteiger partial charge in [0.15, 0.2) is 6.10 Å². The lowest BCUT2D eigenvalue weighted by Crippen LogP contribution is -2.36. The molecule has 8 nitrogen and oxygen atoms in total. The lowest BCUT2D eigenvalue weighted by atomic mass is 10.0. The Morgan fingerprint density at radius 3 is 2.23 bits per heavy atom. The Hall–Kier alpha value is -2.94. The summed E-state index contributed by atoms with van der Waals surface area (Å²) in [5.74, 6) is 0. The topological polar surface area (TPSA) is 116 Å². The van der Waals surface area contributed by atoms with E-state index < -0.39 is 33.2 Å². The molecule has 0 radical (unpaired) electrons. The van der Waals surface area contributed by atoms with Gasteiger partial charge in [-0.05, 0) is 24.6 Å². The number of benzene rings is 2. The second-order valence-corrected chi connectivity index (χ2v) is 7.36. The van der Waals surface area contributed by atoms with E-state index in [1.807, 2.05) is 0 Å². The third-order valence-corrected chi connectivity index (χ3v) is 5.01. The third-order valence-electron chi connectivity index (χ3n) is 3.68. The first-order valence-electron chi connectivity index (χ1n) is 7.69. The molecule has 0 saturated carbocycles. The average Bonchev–Trinajstić information content (AvgIpc) is 2.59. The molecule has 0 spiro atoms. The van der Waals surface area contributed by atoms with Crippen molar-refractivity contribution in [2.45, 2.75) is 30.9 Å². The molecule has 2 aromatic rings. The van der Waals surface area contributed by atoms with Crippen LogP contribution >= 0.6 is 0 Å². The molecule has 2 rings (SSSR count). The molecule has 0 aliphatic heterocycles. The summed E-state index contributed by atoms with van der Waals surface area (Å²) in [7, 11) is -4.14. The zero-order chi connectivity index (χ0) is 19.3. The Morgan fingerprint density at radius 2 is 1.69 bits per heavy atom. The molecule has 26 heavy (non-hydrogen) atoms. The minimum absolute atomic E-state index is 0.112. The molecule has 0 unspecified atom stereocenters. The van der Waals surface area contributed by atoms with Crippen LogP contribution in [0.1, 0.15) is 24.2 Å². The van der Waals surface area contributed by atoms with Crippen molar-refractivity contribution in [2.75, 3.05) is 0 Å². The van der Waals surface area contributed by atoms with Gasteiger partial charge in [0.1, 0.15) is 0 Å². The van der Waals surface area contributed by atoms with Gasteiger partial charge in [-0.2, -0.15) is 0 Å². The maximum atomic E-state index is 12.2. The van der Waals surface area contributed by atoms with Crippen molar-refractivity contribution < 1.29 is 22.9 Å². The highest BCUT2D eigenvalue weighted by atomic mass is 32.2. The van der Waals surface area contributed by atoms with E-state index in [-0.39, 0.29) is 4.90 Å². The lowest BCUT2D eigenvalue weighted by molar-refractivity contribution is -0.530. The van der Waals surface area contributed by atoms with Crippen molar-refractivity contribution in [1.82, 2.24) is 4.72 Å². The maximum absolute atomic E-state index is 12.2. The predicted molar refractivity (Wildman–Crippen MR) is 93.6 cm³/mol. The van der Waals surface area contributed by atoms with E-state index in [1.54, 1.807) is 54.1 Å². The summed E-state index contributed by atoms with van der Waals surface area (Å²) in [5, 5.41) is 11.1. The van der Waals surface area contributed by atoms with E-state index in [9.17, 15) is 23.3 Å². The number of sulfonamides is 1. The number of carbonyl (C=O) groups is 1. The Labute approximate surface area is 151 Å². The molecular weight excluding hydrogens is 360 g/mol. The van der Waals surface area contributed by atoms with Crippen LogP contribution in [0.2, 0.25) is 0 Å². The van der Waals surface area contributed by atoms with E-state index in [1.165, 1.54) is 19.1 Å². The number of hydrogen-bond donors (Lipinski definition) is 1. The SMILES string of the molecule is Cc1ccc(S(=O)(=O)NC(=O)O[C@@H](c2ccccc2)[C@@H](C)[N+](=O)[O-])cc1. The van der Waals surface area contributed by atoms with E-state index in [0.29, 0.717) is 5.56 Å². The van der Waals surface area contributed by atoms with Crippen LogP contribution in [0.3, 0.4) is 0 Å². The van der Waals surface area contributed by atoms with Crippen LogP contribution in [0.25, 0.3) is 0 Å². The van der Waals surface area contributed by atoms with Gasteiger partial charge in [-0.15, -0.1) is 0 Å². The van der Waals surface area contributed by atoms with Gasteiger partial charge in [0.05, 0.1) is 4.90 Å². The van der Waals surface area contributed by atoms with Gasteiger partial charge in [-0.1, -0.05) is 48.0 Å². The summed E-state index contributed by atoms with van der Waals surface area (Å²) in [6, 6.07) is 12.7. The summed E-state index contributed by atoms with van der Waals surface area (Å²) in [4.78, 5) is 22.5. The minimum Gasteiger partial charge on any atom is -0.433 e. The van der Waals surface area contributed by atoms with Gasteiger partial charge in [-0.25, -0.2) is 17.9 Å². The molecule has 0 aliphatic rings. The fourth-order valence-electron chi connectivity index (χ4n) is 2.22. The number of ether oxygens (including phenoxy) is 1. The number of hydrogen-bond acceptors (Lipinski definition) is 6. The standard InChI is InChI=1S/C17H18N2O6S/c1-12-8-10-15(11-9-12)26(23,24)18-17(20)25-16(13(2)19(21)22)14-6-4-3-5-7-14/h3-11,13,16H,1-2H3,(H,18,20)/t13-,16-/m1/s1. The summed E-state index contributed by atoms with van der Waals surface area (Å²) < 4.78 is 31.3. The van der Waals surface area contributed by atoms with Gasteiger partial charge >= 0.3 is 6.09 Å². The van der Waals surface area contributed by atoms with Crippen molar-refractivity contribution in [1.29, 1.82) is 0 Å². The molecule has 0 aromatic heterocycles. The summed E-state index contributed by atoms with van der Waals surface area (Å²) >= 11 is 0. The third kappa shape index (κ3) is 4.79. The fourth-order valence-corrected chi connectivity index (χ4v) is 3.10. The second-order valence-electron chi connectivity index (χ2n) is 5.68. The highest BCUT2D eigenvalue weighted by Gasteiger charge is 2.33. The first-order valence-corrected chi connectivity index (χ1v) is 9.17.